The quantitative estimate of drug-likeness (QED) is 0.779. The van der Waals surface area contributed by atoms with E-state index in [1.54, 1.807) is 29.0 Å². The lowest BCUT2D eigenvalue weighted by Gasteiger charge is -2.14. The number of ether oxygens (including phenoxy) is 1. The molecule has 0 N–H and O–H groups in total. The molecular formula is C12H13N5O2. The molecule has 7 nitrogen and oxygen atoms in total. The molecule has 1 amide bonds. The summed E-state index contributed by atoms with van der Waals surface area (Å²) in [5.41, 5.74) is 2.34. The van der Waals surface area contributed by atoms with Gasteiger partial charge in [-0.1, -0.05) is 0 Å². The Hall–Kier alpha value is -2.44. The summed E-state index contributed by atoms with van der Waals surface area (Å²) in [5, 5.41) is 4.09. The summed E-state index contributed by atoms with van der Waals surface area (Å²) >= 11 is 0. The zero-order chi connectivity index (χ0) is 13.4. The van der Waals surface area contributed by atoms with Crippen LogP contribution in [0.5, 0.6) is 5.88 Å². The molecule has 3 rings (SSSR count). The molecule has 2 aromatic heterocycles. The van der Waals surface area contributed by atoms with Crippen molar-refractivity contribution in [2.24, 2.45) is 7.05 Å². The smallest absolute Gasteiger partial charge is 0.261 e. The number of carbonyl (C=O) groups excluding carboxylic acids is 1. The zero-order valence-corrected chi connectivity index (χ0v) is 10.7. The van der Waals surface area contributed by atoms with Crippen molar-refractivity contribution in [3.8, 4) is 5.88 Å². The highest BCUT2D eigenvalue weighted by molar-refractivity contribution is 5.96. The zero-order valence-electron chi connectivity index (χ0n) is 10.7. The first kappa shape index (κ1) is 11.6. The largest absolute Gasteiger partial charge is 0.479 e. The molecule has 1 aliphatic rings. The van der Waals surface area contributed by atoms with Crippen LogP contribution in [0.2, 0.25) is 0 Å². The number of rotatable bonds is 2. The van der Waals surface area contributed by atoms with Crippen molar-refractivity contribution < 1.29 is 9.53 Å². The molecule has 0 spiro atoms. The minimum absolute atomic E-state index is 0.108. The van der Waals surface area contributed by atoms with Gasteiger partial charge in [-0.2, -0.15) is 0 Å². The van der Waals surface area contributed by atoms with Gasteiger partial charge in [0.1, 0.15) is 11.9 Å². The Labute approximate surface area is 109 Å². The first-order chi connectivity index (χ1) is 9.19. The van der Waals surface area contributed by atoms with E-state index in [2.05, 4.69) is 15.1 Å². The van der Waals surface area contributed by atoms with Gasteiger partial charge in [-0.3, -0.25) is 9.48 Å². The van der Waals surface area contributed by atoms with Gasteiger partial charge in [-0.15, -0.1) is 5.10 Å². The van der Waals surface area contributed by atoms with E-state index in [0.717, 1.165) is 11.3 Å². The Morgan fingerprint density at radius 1 is 1.42 bits per heavy atom. The summed E-state index contributed by atoms with van der Waals surface area (Å²) in [4.78, 5) is 22.3. The van der Waals surface area contributed by atoms with Gasteiger partial charge in [-0.25, -0.2) is 9.97 Å². The van der Waals surface area contributed by atoms with Crippen LogP contribution in [-0.2, 0) is 20.1 Å². The number of aryl methyl sites for hydroxylation is 1. The molecule has 7 heteroatoms. The van der Waals surface area contributed by atoms with Crippen molar-refractivity contribution in [3.05, 3.63) is 35.5 Å². The molecule has 0 radical (unpaired) electrons. The predicted molar refractivity (Wildman–Crippen MR) is 65.4 cm³/mol. The maximum atomic E-state index is 12.5. The van der Waals surface area contributed by atoms with Crippen LogP contribution in [0, 0.1) is 0 Å². The van der Waals surface area contributed by atoms with Crippen LogP contribution >= 0.6 is 0 Å². The number of fused-ring (bicyclic) bond motifs is 1. The highest BCUT2D eigenvalue weighted by Crippen LogP contribution is 2.24. The lowest BCUT2D eigenvalue weighted by atomic mass is 10.3. The fraction of sp³-hybridized carbons (Fsp3) is 0.333. The second-order valence-corrected chi connectivity index (χ2v) is 4.38. The Kier molecular flexibility index (Phi) is 2.66. The highest BCUT2D eigenvalue weighted by atomic mass is 16.5. The molecule has 19 heavy (non-hydrogen) atoms. The number of aromatic nitrogens is 4. The van der Waals surface area contributed by atoms with Crippen molar-refractivity contribution >= 4 is 5.91 Å². The highest BCUT2D eigenvalue weighted by Gasteiger charge is 2.28. The van der Waals surface area contributed by atoms with E-state index in [-0.39, 0.29) is 5.91 Å². The van der Waals surface area contributed by atoms with Gasteiger partial charge in [0, 0.05) is 31.5 Å². The Morgan fingerprint density at radius 3 is 3.00 bits per heavy atom. The van der Waals surface area contributed by atoms with Crippen LogP contribution in [0.4, 0.5) is 0 Å². The van der Waals surface area contributed by atoms with Crippen molar-refractivity contribution in [1.82, 2.24) is 24.6 Å². The van der Waals surface area contributed by atoms with E-state index in [1.807, 2.05) is 0 Å². The number of hydrogen-bond acceptors (Lipinski definition) is 5. The van der Waals surface area contributed by atoms with Crippen molar-refractivity contribution in [3.63, 3.8) is 0 Å². The summed E-state index contributed by atoms with van der Waals surface area (Å²) in [7, 11) is 3.26. The number of hydrogen-bond donors (Lipinski definition) is 0. The molecule has 2 aromatic rings. The van der Waals surface area contributed by atoms with Crippen LogP contribution in [0.1, 0.15) is 21.6 Å². The molecule has 0 aromatic carbocycles. The normalized spacial score (nSPS) is 13.5. The second kappa shape index (κ2) is 4.34. The van der Waals surface area contributed by atoms with E-state index in [1.165, 1.54) is 13.4 Å². The van der Waals surface area contributed by atoms with Crippen molar-refractivity contribution in [2.75, 3.05) is 7.11 Å². The molecule has 3 heterocycles. The molecule has 0 saturated heterocycles. The first-order valence-electron chi connectivity index (χ1n) is 5.83. The number of carbonyl (C=O) groups is 1. The molecular weight excluding hydrogens is 246 g/mol. The molecule has 98 valence electrons. The number of nitrogens with zero attached hydrogens (tertiary/aromatic N) is 5. The monoisotopic (exact) mass is 259 g/mol. The first-order valence-corrected chi connectivity index (χ1v) is 5.83. The molecule has 0 bridgehead atoms. The third-order valence-corrected chi connectivity index (χ3v) is 3.09. The minimum Gasteiger partial charge on any atom is -0.479 e. The molecule has 0 atom stereocenters. The molecule has 0 aliphatic carbocycles. The van der Waals surface area contributed by atoms with Crippen LogP contribution in [-0.4, -0.2) is 37.7 Å². The Balaban J connectivity index is 1.87. The number of amides is 1. The molecule has 1 aliphatic heterocycles. The van der Waals surface area contributed by atoms with E-state index >= 15 is 0 Å². The third kappa shape index (κ3) is 1.92. The summed E-state index contributed by atoms with van der Waals surface area (Å²) in [5.74, 6) is 0.234. The maximum Gasteiger partial charge on any atom is 0.261 e. The Morgan fingerprint density at radius 2 is 2.26 bits per heavy atom. The van der Waals surface area contributed by atoms with Gasteiger partial charge >= 0.3 is 0 Å². The van der Waals surface area contributed by atoms with Gasteiger partial charge < -0.3 is 9.64 Å². The molecule has 0 saturated carbocycles. The van der Waals surface area contributed by atoms with Gasteiger partial charge in [0.05, 0.1) is 19.3 Å². The SMILES string of the molecule is COc1nn(C)cc1C(=O)N1Cc2cncnc2C1. The fourth-order valence-corrected chi connectivity index (χ4v) is 2.18. The lowest BCUT2D eigenvalue weighted by molar-refractivity contribution is 0.0747. The van der Waals surface area contributed by atoms with Crippen LogP contribution < -0.4 is 4.74 Å². The van der Waals surface area contributed by atoms with Gasteiger partial charge in [0.25, 0.3) is 5.91 Å². The summed E-state index contributed by atoms with van der Waals surface area (Å²) in [6.07, 6.45) is 4.91. The second-order valence-electron chi connectivity index (χ2n) is 4.38. The van der Waals surface area contributed by atoms with E-state index < -0.39 is 0 Å². The van der Waals surface area contributed by atoms with Gasteiger partial charge in [0.15, 0.2) is 0 Å². The average molecular weight is 259 g/mol. The topological polar surface area (TPSA) is 73.1 Å². The van der Waals surface area contributed by atoms with Crippen LogP contribution in [0.25, 0.3) is 0 Å². The van der Waals surface area contributed by atoms with Crippen LogP contribution in [0.3, 0.4) is 0 Å². The summed E-state index contributed by atoms with van der Waals surface area (Å²) in [6.45, 7) is 1.02. The Bertz CT molecular complexity index is 612. The van der Waals surface area contributed by atoms with Crippen molar-refractivity contribution in [2.45, 2.75) is 13.1 Å². The molecule has 0 fully saturated rings. The van der Waals surface area contributed by atoms with Crippen molar-refractivity contribution in [1.29, 1.82) is 0 Å². The molecule has 0 unspecified atom stereocenters. The van der Waals surface area contributed by atoms with Gasteiger partial charge in [0.2, 0.25) is 5.88 Å². The summed E-state index contributed by atoms with van der Waals surface area (Å²) in [6, 6.07) is 0. The van der Waals surface area contributed by atoms with E-state index in [4.69, 9.17) is 4.74 Å². The summed E-state index contributed by atoms with van der Waals surface area (Å²) < 4.78 is 6.68. The minimum atomic E-state index is -0.108. The fourth-order valence-electron chi connectivity index (χ4n) is 2.18. The lowest BCUT2D eigenvalue weighted by Crippen LogP contribution is -2.25. The van der Waals surface area contributed by atoms with E-state index in [9.17, 15) is 4.79 Å². The third-order valence-electron chi connectivity index (χ3n) is 3.09. The van der Waals surface area contributed by atoms with Crippen LogP contribution in [0.15, 0.2) is 18.7 Å². The average Bonchev–Trinajstić information content (AvgIpc) is 3.00. The number of methoxy groups -OCH3 is 1. The van der Waals surface area contributed by atoms with Gasteiger partial charge in [-0.05, 0) is 0 Å². The maximum absolute atomic E-state index is 12.5. The predicted octanol–water partition coefficient (Wildman–Crippen LogP) is 0.375. The standard InChI is InChI=1S/C12H13N5O2/c1-16-5-9(11(15-16)19-2)12(18)17-4-8-3-13-7-14-10(8)6-17/h3,5,7H,4,6H2,1-2H3. The van der Waals surface area contributed by atoms with E-state index in [0.29, 0.717) is 24.5 Å².